The second-order valence-corrected chi connectivity index (χ2v) is 20.1. The van der Waals surface area contributed by atoms with E-state index in [1.54, 1.807) is 41.3 Å². The van der Waals surface area contributed by atoms with Crippen LogP contribution in [0.2, 0.25) is 0 Å². The van der Waals surface area contributed by atoms with E-state index in [0.29, 0.717) is 73.0 Å². The lowest BCUT2D eigenvalue weighted by Crippen LogP contribution is -2.58. The molecule has 3 fully saturated rings. The number of aliphatic hydroxyl groups is 2. The van der Waals surface area contributed by atoms with E-state index in [1.807, 2.05) is 41.3 Å². The Bertz CT molecular complexity index is 2470. The number of ether oxygens (including phenoxy) is 2. The zero-order valence-corrected chi connectivity index (χ0v) is 38.1. The van der Waals surface area contributed by atoms with E-state index in [9.17, 15) is 34.5 Å². The molecule has 0 saturated carbocycles. The molecule has 0 spiro atoms. The van der Waals surface area contributed by atoms with Crippen molar-refractivity contribution < 1.29 is 39.2 Å². The average Bonchev–Trinajstić information content (AvgIpc) is 3.31. The third-order valence-corrected chi connectivity index (χ3v) is 15.4. The van der Waals surface area contributed by atoms with Crippen molar-refractivity contribution in [2.45, 2.75) is 43.6 Å². The van der Waals surface area contributed by atoms with Crippen molar-refractivity contribution in [1.82, 2.24) is 25.0 Å². The minimum Gasteiger partial charge on any atom is -0.506 e. The number of aromatic nitrogens is 1. The summed E-state index contributed by atoms with van der Waals surface area (Å²) in [6.45, 7) is 5.56. The van der Waals surface area contributed by atoms with Crippen LogP contribution in [0.3, 0.4) is 0 Å². The maximum Gasteiger partial charge on any atom is 0.338 e. The molecule has 14 nitrogen and oxygen atoms in total. The number of aliphatic hydroxyl groups excluding tert-OH is 1. The molecular weight excluding hydrogens is 843 g/mol. The first-order chi connectivity index (χ1) is 31.5. The lowest BCUT2D eigenvalue weighted by atomic mass is 9.93. The smallest absolute Gasteiger partial charge is 0.338 e. The quantitative estimate of drug-likeness (QED) is 0.0684. The summed E-state index contributed by atoms with van der Waals surface area (Å²) in [6.07, 6.45) is 2.59. The Labute approximate surface area is 381 Å². The van der Waals surface area contributed by atoms with Gasteiger partial charge in [-0.25, -0.2) is 4.79 Å². The molecule has 4 heterocycles. The second kappa shape index (κ2) is 21.0. The van der Waals surface area contributed by atoms with Gasteiger partial charge in [0.15, 0.2) is 11.8 Å². The number of nitrogens with zero attached hydrogens (tertiary/aromatic N) is 3. The van der Waals surface area contributed by atoms with Gasteiger partial charge in [0.1, 0.15) is 21.0 Å². The van der Waals surface area contributed by atoms with Gasteiger partial charge in [0, 0.05) is 50.7 Å². The monoisotopic (exact) mass is 901 g/mol. The minimum atomic E-state index is -1.86. The summed E-state index contributed by atoms with van der Waals surface area (Å²) < 4.78 is 11.9. The van der Waals surface area contributed by atoms with E-state index in [2.05, 4.69) is 39.5 Å². The van der Waals surface area contributed by atoms with Crippen LogP contribution in [0.5, 0.6) is 11.5 Å². The number of phenols is 1. The van der Waals surface area contributed by atoms with E-state index in [-0.39, 0.29) is 48.2 Å². The highest BCUT2D eigenvalue weighted by atomic mass is 28.2. The van der Waals surface area contributed by atoms with Gasteiger partial charge in [0.25, 0.3) is 5.91 Å². The van der Waals surface area contributed by atoms with Crippen LogP contribution in [0.4, 0.5) is 0 Å². The number of carbonyl (C=O) groups is 3. The summed E-state index contributed by atoms with van der Waals surface area (Å²) in [5, 5.41) is 36.3. The molecule has 4 aromatic carbocycles. The normalized spacial score (nSPS) is 18.1. The average molecular weight is 902 g/mol. The van der Waals surface area contributed by atoms with E-state index in [4.69, 9.17) is 9.47 Å². The van der Waals surface area contributed by atoms with E-state index < -0.39 is 26.8 Å². The van der Waals surface area contributed by atoms with E-state index >= 15 is 0 Å². The molecule has 1 unspecified atom stereocenters. The first kappa shape index (κ1) is 45.7. The maximum atomic E-state index is 13.9. The number of H-pyrrole nitrogens is 1. The number of rotatable bonds is 17. The Balaban J connectivity index is 0.773. The number of aromatic amines is 1. The van der Waals surface area contributed by atoms with Gasteiger partial charge < -0.3 is 44.9 Å². The molecule has 0 bridgehead atoms. The molecule has 0 radical (unpaired) electrons. The second-order valence-electron chi connectivity index (χ2n) is 17.9. The third kappa shape index (κ3) is 11.3. The summed E-state index contributed by atoms with van der Waals surface area (Å²) in [7, 11) is -1.65. The van der Waals surface area contributed by atoms with Crippen LogP contribution in [0, 0.1) is 17.8 Å². The molecule has 2 amide bonds. The molecule has 2 atom stereocenters. The molecule has 5 aromatic rings. The fourth-order valence-electron chi connectivity index (χ4n) is 9.27. The SMILES string of the molecule is O=C(COc1cccc(C(O)([SiH2]c2ccccc2)C(=O)OCC2CCN(Cc3ccccc3)CC2)c1)N1CC(C(=O)N2CCC(CNC[C@H](O)c3ccc(O)c4[nH]c(=O)ccc34)CC2)C1. The van der Waals surface area contributed by atoms with Gasteiger partial charge in [-0.2, -0.15) is 0 Å². The molecule has 8 rings (SSSR count). The number of benzene rings is 4. The molecule has 3 aliphatic rings. The summed E-state index contributed by atoms with van der Waals surface area (Å²) >= 11 is 0. The predicted molar refractivity (Wildman–Crippen MR) is 249 cm³/mol. The summed E-state index contributed by atoms with van der Waals surface area (Å²) in [4.78, 5) is 60.8. The number of hydrogen-bond donors (Lipinski definition) is 5. The molecule has 3 aliphatic heterocycles. The fourth-order valence-corrected chi connectivity index (χ4v) is 11.0. The number of amides is 2. The van der Waals surface area contributed by atoms with Crippen LogP contribution in [0.15, 0.2) is 114 Å². The van der Waals surface area contributed by atoms with Crippen LogP contribution < -0.4 is 20.8 Å². The number of esters is 1. The predicted octanol–water partition coefficient (Wildman–Crippen LogP) is 2.73. The molecule has 1 aromatic heterocycles. The Hall–Kier alpha value is -5.84. The molecule has 5 N–H and O–H groups in total. The molecule has 65 heavy (non-hydrogen) atoms. The van der Waals surface area contributed by atoms with Crippen molar-refractivity contribution in [2.75, 3.05) is 65.6 Å². The third-order valence-electron chi connectivity index (χ3n) is 13.3. The van der Waals surface area contributed by atoms with Gasteiger partial charge in [0.05, 0.1) is 24.1 Å². The van der Waals surface area contributed by atoms with Crippen LogP contribution in [0.25, 0.3) is 10.9 Å². The molecule has 0 aliphatic carbocycles. The highest BCUT2D eigenvalue weighted by Crippen LogP contribution is 2.30. The van der Waals surface area contributed by atoms with Crippen molar-refractivity contribution in [3.05, 3.63) is 136 Å². The van der Waals surface area contributed by atoms with Gasteiger partial charge in [-0.3, -0.25) is 19.3 Å². The summed E-state index contributed by atoms with van der Waals surface area (Å²) in [6, 6.07) is 32.7. The lowest BCUT2D eigenvalue weighted by molar-refractivity contribution is -0.160. The van der Waals surface area contributed by atoms with Crippen LogP contribution in [-0.2, 0) is 30.9 Å². The number of piperidine rings is 2. The summed E-state index contributed by atoms with van der Waals surface area (Å²) in [5.74, 6) is -0.309. The molecule has 3 saturated heterocycles. The number of likely N-dealkylation sites (tertiary alicyclic amines) is 3. The maximum absolute atomic E-state index is 13.9. The first-order valence-corrected chi connectivity index (χ1v) is 24.2. The Morgan fingerprint density at radius 1 is 0.831 bits per heavy atom. The van der Waals surface area contributed by atoms with Crippen molar-refractivity contribution in [2.24, 2.45) is 17.8 Å². The number of pyridine rings is 1. The largest absolute Gasteiger partial charge is 0.506 e. The summed E-state index contributed by atoms with van der Waals surface area (Å²) in [5.41, 5.74) is 2.22. The number of phenolic OH excluding ortho intramolecular Hbond substituents is 1. The standard InChI is InChI=1S/C50H59N5O9Si/c56-43-16-14-41(42-15-17-45(58)52-47(42)43)44(57)28-51-27-34-20-24-54(25-21-34)48(60)37-30-55(31-37)46(59)33-63-39-11-7-10-38(26-39)50(62,65-40-12-5-2-6-13-40)49(61)64-32-36-18-22-53(23-19-36)29-35-8-3-1-4-9-35/h1-17,26,34,36-37,44,51,56-57,62H,18-25,27-33,65H2,(H,52,58)/t44-,50?/m0/s1. The molecule has 15 heteroatoms. The van der Waals surface area contributed by atoms with Gasteiger partial charge in [-0.05, 0) is 98.1 Å². The van der Waals surface area contributed by atoms with Crippen molar-refractivity contribution in [3.8, 4) is 11.5 Å². The minimum absolute atomic E-state index is 0.0454. The zero-order chi connectivity index (χ0) is 45.3. The van der Waals surface area contributed by atoms with Crippen LogP contribution >= 0.6 is 0 Å². The topological polar surface area (TPSA) is 185 Å². The Morgan fingerprint density at radius 2 is 1.54 bits per heavy atom. The van der Waals surface area contributed by atoms with E-state index in [0.717, 1.165) is 50.5 Å². The van der Waals surface area contributed by atoms with Gasteiger partial charge in [-0.1, -0.05) is 84.0 Å². The van der Waals surface area contributed by atoms with Crippen molar-refractivity contribution >= 4 is 43.4 Å². The molecular formula is C50H59N5O9Si. The van der Waals surface area contributed by atoms with Crippen molar-refractivity contribution in [3.63, 3.8) is 0 Å². The lowest BCUT2D eigenvalue weighted by Gasteiger charge is -2.42. The highest BCUT2D eigenvalue weighted by molar-refractivity contribution is 6.60. The number of hydrogen-bond acceptors (Lipinski definition) is 11. The van der Waals surface area contributed by atoms with Gasteiger partial charge in [-0.15, -0.1) is 0 Å². The number of nitrogens with one attached hydrogen (secondary N) is 2. The molecule has 342 valence electrons. The first-order valence-electron chi connectivity index (χ1n) is 22.8. The van der Waals surface area contributed by atoms with Crippen molar-refractivity contribution in [1.29, 1.82) is 0 Å². The van der Waals surface area contributed by atoms with Crippen LogP contribution in [-0.4, -0.2) is 128 Å². The number of fused-ring (bicyclic) bond motifs is 1. The van der Waals surface area contributed by atoms with Gasteiger partial charge in [0.2, 0.25) is 11.5 Å². The van der Waals surface area contributed by atoms with Crippen LogP contribution in [0.1, 0.15) is 48.5 Å². The van der Waals surface area contributed by atoms with Gasteiger partial charge >= 0.3 is 5.97 Å². The number of carbonyl (C=O) groups excluding carboxylic acids is 3. The Morgan fingerprint density at radius 3 is 2.28 bits per heavy atom. The fraction of sp³-hybridized carbons (Fsp3) is 0.400. The zero-order valence-electron chi connectivity index (χ0n) is 36.6. The number of aromatic hydroxyl groups is 1. The highest BCUT2D eigenvalue weighted by Gasteiger charge is 2.42. The Kier molecular flexibility index (Phi) is 14.8. The van der Waals surface area contributed by atoms with E-state index in [1.165, 1.54) is 17.7 Å².